The fourth-order valence-electron chi connectivity index (χ4n) is 4.62. The van der Waals surface area contributed by atoms with Crippen LogP contribution in [0.4, 0.5) is 4.39 Å². The molecule has 1 aliphatic rings. The molecule has 196 valence electrons. The topological polar surface area (TPSA) is 144 Å². The van der Waals surface area contributed by atoms with Crippen molar-refractivity contribution in [2.75, 3.05) is 6.61 Å². The van der Waals surface area contributed by atoms with Crippen LogP contribution in [-0.4, -0.2) is 75.0 Å². The number of thiazole rings is 1. The Kier molecular flexibility index (Phi) is 6.53. The molecule has 0 spiro atoms. The molecule has 3 aromatic heterocycles. The normalized spacial score (nSPS) is 23.8. The Balaban J connectivity index is 1.38. The number of aliphatic hydroxyl groups excluding tert-OH is 3. The maximum atomic E-state index is 14.1. The Morgan fingerprint density at radius 3 is 2.79 bits per heavy atom. The van der Waals surface area contributed by atoms with Crippen molar-refractivity contribution in [2.45, 2.75) is 37.4 Å². The van der Waals surface area contributed by atoms with Gasteiger partial charge in [-0.1, -0.05) is 11.3 Å². The lowest BCUT2D eigenvalue weighted by molar-refractivity contribution is -0.210. The summed E-state index contributed by atoms with van der Waals surface area (Å²) in [4.78, 5) is 8.82. The molecular formula is C24H21BrFN7O4S. The van der Waals surface area contributed by atoms with Gasteiger partial charge in [-0.25, -0.2) is 23.7 Å². The highest BCUT2D eigenvalue weighted by atomic mass is 79.9. The first kappa shape index (κ1) is 25.2. The number of aliphatic hydroxyl groups is 3. The molecule has 0 bridgehead atoms. The Morgan fingerprint density at radius 1 is 1.16 bits per heavy atom. The third-order valence-electron chi connectivity index (χ3n) is 6.48. The zero-order valence-electron chi connectivity index (χ0n) is 19.8. The summed E-state index contributed by atoms with van der Waals surface area (Å²) in [5.74, 6) is 0.281. The van der Waals surface area contributed by atoms with E-state index in [-0.39, 0.29) is 0 Å². The van der Waals surface area contributed by atoms with Crippen LogP contribution in [0, 0.1) is 12.7 Å². The van der Waals surface area contributed by atoms with Gasteiger partial charge in [0.05, 0.1) is 38.7 Å². The lowest BCUT2D eigenvalue weighted by atomic mass is 9.92. The van der Waals surface area contributed by atoms with Crippen LogP contribution in [0.15, 0.2) is 52.6 Å². The van der Waals surface area contributed by atoms with Crippen molar-refractivity contribution in [2.24, 2.45) is 0 Å². The summed E-state index contributed by atoms with van der Waals surface area (Å²) in [6.45, 7) is 1.21. The number of ether oxygens (including phenoxy) is 1. The standard InChI is InChI=1S/C24H21BrFN7O4S/c1-11-28-24(33(30-11)13-3-5-16-19(7-13)38-10-27-16)23-22(36)20(21(35)18(9-34)37-23)32-8-17(29-31-32)12-2-4-14(25)15(26)6-12/h2-8,10,18,20-23,34-36H,9H2,1H3/t18-,20+,21+,22-,23-/m1/s1. The van der Waals surface area contributed by atoms with Crippen molar-refractivity contribution < 1.29 is 24.4 Å². The number of aryl methyl sites for hydroxylation is 1. The molecule has 11 nitrogen and oxygen atoms in total. The summed E-state index contributed by atoms with van der Waals surface area (Å²) >= 11 is 4.61. The van der Waals surface area contributed by atoms with Crippen LogP contribution in [0.3, 0.4) is 0 Å². The lowest BCUT2D eigenvalue weighted by Crippen LogP contribution is -2.53. The van der Waals surface area contributed by atoms with Crippen LogP contribution in [0.1, 0.15) is 23.8 Å². The van der Waals surface area contributed by atoms with Gasteiger partial charge in [-0.05, 0) is 53.2 Å². The first-order valence-electron chi connectivity index (χ1n) is 11.6. The number of rotatable bonds is 5. The molecular weight excluding hydrogens is 581 g/mol. The molecule has 3 N–H and O–H groups in total. The van der Waals surface area contributed by atoms with Gasteiger partial charge in [0, 0.05) is 5.56 Å². The molecule has 14 heteroatoms. The quantitative estimate of drug-likeness (QED) is 0.277. The average Bonchev–Trinajstić information content (AvgIpc) is 3.65. The molecule has 0 amide bonds. The number of hydrogen-bond acceptors (Lipinski definition) is 10. The van der Waals surface area contributed by atoms with Gasteiger partial charge in [0.1, 0.15) is 47.8 Å². The van der Waals surface area contributed by atoms with Crippen molar-refractivity contribution in [3.8, 4) is 16.9 Å². The summed E-state index contributed by atoms with van der Waals surface area (Å²) < 4.78 is 24.2. The Hall–Kier alpha value is -3.14. The van der Waals surface area contributed by atoms with E-state index in [1.54, 1.807) is 29.2 Å². The van der Waals surface area contributed by atoms with E-state index in [2.05, 4.69) is 41.3 Å². The minimum atomic E-state index is -1.35. The van der Waals surface area contributed by atoms with Gasteiger partial charge in [-0.15, -0.1) is 16.4 Å². The Bertz CT molecular complexity index is 1620. The van der Waals surface area contributed by atoms with Crippen LogP contribution < -0.4 is 0 Å². The van der Waals surface area contributed by atoms with Gasteiger partial charge in [-0.3, -0.25) is 0 Å². The van der Waals surface area contributed by atoms with Crippen molar-refractivity contribution in [3.63, 3.8) is 0 Å². The number of aromatic nitrogens is 7. The number of benzene rings is 2. The number of halogens is 2. The van der Waals surface area contributed by atoms with E-state index in [9.17, 15) is 19.7 Å². The highest BCUT2D eigenvalue weighted by molar-refractivity contribution is 9.10. The van der Waals surface area contributed by atoms with Gasteiger partial charge in [0.15, 0.2) is 5.82 Å². The third kappa shape index (κ3) is 4.32. The Morgan fingerprint density at radius 2 is 2.00 bits per heavy atom. The zero-order valence-corrected chi connectivity index (χ0v) is 22.2. The number of nitrogens with zero attached hydrogens (tertiary/aromatic N) is 7. The van der Waals surface area contributed by atoms with E-state index in [4.69, 9.17) is 4.74 Å². The average molecular weight is 602 g/mol. The highest BCUT2D eigenvalue weighted by Gasteiger charge is 2.48. The summed E-state index contributed by atoms with van der Waals surface area (Å²) in [7, 11) is 0. The number of fused-ring (bicyclic) bond motifs is 1. The van der Waals surface area contributed by atoms with Crippen LogP contribution in [0.5, 0.6) is 0 Å². The Labute approximate surface area is 227 Å². The second-order valence-corrected chi connectivity index (χ2v) is 10.6. The van der Waals surface area contributed by atoms with Gasteiger partial charge in [-0.2, -0.15) is 5.10 Å². The van der Waals surface area contributed by atoms with E-state index >= 15 is 0 Å². The van der Waals surface area contributed by atoms with Crippen LogP contribution in [-0.2, 0) is 4.74 Å². The predicted molar refractivity (Wildman–Crippen MR) is 138 cm³/mol. The molecule has 5 atom stereocenters. The molecule has 0 unspecified atom stereocenters. The summed E-state index contributed by atoms with van der Waals surface area (Å²) in [6, 6.07) is 9.09. The molecule has 1 aliphatic heterocycles. The largest absolute Gasteiger partial charge is 0.394 e. The molecule has 0 saturated carbocycles. The van der Waals surface area contributed by atoms with Crippen LogP contribution >= 0.6 is 27.3 Å². The van der Waals surface area contributed by atoms with Crippen LogP contribution in [0.25, 0.3) is 27.2 Å². The maximum Gasteiger partial charge on any atom is 0.164 e. The number of hydrogen-bond donors (Lipinski definition) is 3. The van der Waals surface area contributed by atoms with Gasteiger partial charge < -0.3 is 20.1 Å². The highest BCUT2D eigenvalue weighted by Crippen LogP contribution is 2.39. The summed E-state index contributed by atoms with van der Waals surface area (Å²) in [5, 5.41) is 45.2. The smallest absolute Gasteiger partial charge is 0.164 e. The van der Waals surface area contributed by atoms with E-state index < -0.39 is 42.9 Å². The molecule has 38 heavy (non-hydrogen) atoms. The molecule has 4 heterocycles. The van der Waals surface area contributed by atoms with E-state index in [0.717, 1.165) is 10.2 Å². The third-order valence-corrected chi connectivity index (χ3v) is 7.91. The van der Waals surface area contributed by atoms with Crippen molar-refractivity contribution in [1.29, 1.82) is 0 Å². The van der Waals surface area contributed by atoms with E-state index in [1.807, 2.05) is 18.2 Å². The molecule has 1 saturated heterocycles. The van der Waals surface area contributed by atoms with Gasteiger partial charge in [0.25, 0.3) is 0 Å². The fourth-order valence-corrected chi connectivity index (χ4v) is 5.58. The van der Waals surface area contributed by atoms with E-state index in [0.29, 0.717) is 33.1 Å². The fraction of sp³-hybridized carbons (Fsp3) is 0.292. The minimum absolute atomic E-state index is 0.296. The van der Waals surface area contributed by atoms with Crippen molar-refractivity contribution in [1.82, 2.24) is 34.7 Å². The second-order valence-electron chi connectivity index (χ2n) is 8.90. The monoisotopic (exact) mass is 601 g/mol. The first-order chi connectivity index (χ1) is 18.3. The minimum Gasteiger partial charge on any atom is -0.394 e. The zero-order chi connectivity index (χ0) is 26.6. The maximum absolute atomic E-state index is 14.1. The van der Waals surface area contributed by atoms with Crippen molar-refractivity contribution in [3.05, 3.63) is 70.0 Å². The lowest BCUT2D eigenvalue weighted by Gasteiger charge is -2.41. The first-order valence-corrected chi connectivity index (χ1v) is 13.3. The molecule has 0 aliphatic carbocycles. The summed E-state index contributed by atoms with van der Waals surface area (Å²) in [6.07, 6.45) is -3.30. The molecule has 0 radical (unpaired) electrons. The SMILES string of the molecule is Cc1nc([C@@H]2O[C@H](CO)[C@H](O)[C@H](n3cc(-c4ccc(Br)c(F)c4)nn3)[C@H]2O)n(-c2ccc3ncsc3c2)n1. The molecule has 2 aromatic carbocycles. The molecule has 1 fully saturated rings. The summed E-state index contributed by atoms with van der Waals surface area (Å²) in [5.41, 5.74) is 4.11. The van der Waals surface area contributed by atoms with Crippen molar-refractivity contribution >= 4 is 37.5 Å². The molecule has 5 aromatic rings. The van der Waals surface area contributed by atoms with E-state index in [1.165, 1.54) is 28.3 Å². The second kappa shape index (κ2) is 9.87. The van der Waals surface area contributed by atoms with Gasteiger partial charge in [0.2, 0.25) is 0 Å². The molecule has 6 rings (SSSR count). The predicted octanol–water partition coefficient (Wildman–Crippen LogP) is 2.74. The van der Waals surface area contributed by atoms with Crippen LogP contribution in [0.2, 0.25) is 0 Å². The van der Waals surface area contributed by atoms with Gasteiger partial charge >= 0.3 is 0 Å².